The van der Waals surface area contributed by atoms with Gasteiger partial charge >= 0.3 is 0 Å². The molecule has 2 rings (SSSR count). The van der Waals surface area contributed by atoms with Crippen molar-refractivity contribution in [1.82, 2.24) is 5.32 Å². The van der Waals surface area contributed by atoms with Crippen molar-refractivity contribution in [3.8, 4) is 0 Å². The summed E-state index contributed by atoms with van der Waals surface area (Å²) in [7, 11) is 0. The second-order valence-corrected chi connectivity index (χ2v) is 6.65. The van der Waals surface area contributed by atoms with Crippen LogP contribution in [0.3, 0.4) is 0 Å². The van der Waals surface area contributed by atoms with Gasteiger partial charge in [-0.25, -0.2) is 0 Å². The van der Waals surface area contributed by atoms with Gasteiger partial charge in [-0.1, -0.05) is 36.3 Å². The fourth-order valence-electron chi connectivity index (χ4n) is 3.69. The van der Waals surface area contributed by atoms with Crippen molar-refractivity contribution in [3.05, 3.63) is 46.0 Å². The third-order valence-corrected chi connectivity index (χ3v) is 4.68. The maximum absolute atomic E-state index is 3.71. The molecule has 1 heteroatoms. The molecule has 1 N–H and O–H groups in total. The molecule has 1 nitrogen and oxygen atoms in total. The van der Waals surface area contributed by atoms with E-state index in [1.807, 2.05) is 0 Å². The Kier molecular flexibility index (Phi) is 6.05. The summed E-state index contributed by atoms with van der Waals surface area (Å²) in [5.41, 5.74) is 7.50. The molecule has 1 atom stereocenters. The molecule has 0 aromatic heterocycles. The predicted molar refractivity (Wildman–Crippen MR) is 93.0 cm³/mol. The Morgan fingerprint density at radius 2 is 1.76 bits per heavy atom. The summed E-state index contributed by atoms with van der Waals surface area (Å²) in [4.78, 5) is 0. The molecule has 0 radical (unpaired) electrons. The van der Waals surface area contributed by atoms with Crippen LogP contribution < -0.4 is 5.32 Å². The Morgan fingerprint density at radius 1 is 1.05 bits per heavy atom. The maximum atomic E-state index is 3.71. The summed E-state index contributed by atoms with van der Waals surface area (Å²) in [5, 5.41) is 3.71. The minimum Gasteiger partial charge on any atom is -0.314 e. The van der Waals surface area contributed by atoms with Crippen LogP contribution in [-0.4, -0.2) is 12.6 Å². The summed E-state index contributed by atoms with van der Waals surface area (Å²) >= 11 is 0. The molecule has 0 saturated heterocycles. The first kappa shape index (κ1) is 16.3. The van der Waals surface area contributed by atoms with Gasteiger partial charge in [-0.15, -0.1) is 0 Å². The number of benzene rings is 1. The van der Waals surface area contributed by atoms with Gasteiger partial charge in [0.2, 0.25) is 0 Å². The largest absolute Gasteiger partial charge is 0.314 e. The first-order chi connectivity index (χ1) is 10.1. The summed E-state index contributed by atoms with van der Waals surface area (Å²) in [6.07, 6.45) is 10.2. The van der Waals surface area contributed by atoms with E-state index >= 15 is 0 Å². The van der Waals surface area contributed by atoms with Crippen LogP contribution >= 0.6 is 0 Å². The molecule has 0 bridgehead atoms. The molecule has 1 aliphatic rings. The minimum atomic E-state index is 0.583. The van der Waals surface area contributed by atoms with Crippen LogP contribution in [0.15, 0.2) is 23.8 Å². The molecule has 1 aliphatic carbocycles. The second kappa shape index (κ2) is 7.79. The van der Waals surface area contributed by atoms with Gasteiger partial charge in [0, 0.05) is 6.04 Å². The molecular formula is C20H31N. The fourth-order valence-corrected chi connectivity index (χ4v) is 3.69. The topological polar surface area (TPSA) is 12.0 Å². The molecule has 21 heavy (non-hydrogen) atoms. The third kappa shape index (κ3) is 4.71. The smallest absolute Gasteiger partial charge is 0.0145 e. The van der Waals surface area contributed by atoms with E-state index < -0.39 is 0 Å². The number of aryl methyl sites for hydroxylation is 3. The highest BCUT2D eigenvalue weighted by Gasteiger charge is 2.15. The second-order valence-electron chi connectivity index (χ2n) is 6.65. The normalized spacial score (nSPS) is 16.7. The predicted octanol–water partition coefficient (Wildman–Crippen LogP) is 5.02. The number of hydrogen-bond acceptors (Lipinski definition) is 1. The van der Waals surface area contributed by atoms with Crippen LogP contribution in [0.4, 0.5) is 0 Å². The lowest BCUT2D eigenvalue weighted by Crippen LogP contribution is -2.32. The zero-order valence-electron chi connectivity index (χ0n) is 14.3. The first-order valence-electron chi connectivity index (χ1n) is 8.58. The van der Waals surface area contributed by atoms with Crippen molar-refractivity contribution in [1.29, 1.82) is 0 Å². The molecule has 1 unspecified atom stereocenters. The molecule has 0 aliphatic heterocycles. The zero-order chi connectivity index (χ0) is 15.2. The Morgan fingerprint density at radius 3 is 2.33 bits per heavy atom. The summed E-state index contributed by atoms with van der Waals surface area (Å²) in [6, 6.07) is 5.23. The molecule has 0 heterocycles. The highest BCUT2D eigenvalue weighted by Crippen LogP contribution is 2.24. The number of rotatable bonds is 6. The summed E-state index contributed by atoms with van der Waals surface area (Å²) in [6.45, 7) is 9.99. The molecule has 0 amide bonds. The number of nitrogens with one attached hydrogen (secondary N) is 1. The maximum Gasteiger partial charge on any atom is 0.0145 e. The standard InChI is InChI=1S/C20H31N/c1-5-21-19(13-18-9-7-6-8-10-18)14-20-16(3)11-15(2)12-17(20)4/h9,11-12,19,21H,5-8,10,13-14H2,1-4H3. The van der Waals surface area contributed by atoms with Gasteiger partial charge in [-0.2, -0.15) is 0 Å². The van der Waals surface area contributed by atoms with Gasteiger partial charge < -0.3 is 5.32 Å². The summed E-state index contributed by atoms with van der Waals surface area (Å²) in [5.74, 6) is 0. The average molecular weight is 285 g/mol. The Bertz CT molecular complexity index is 476. The zero-order valence-corrected chi connectivity index (χ0v) is 14.3. The van der Waals surface area contributed by atoms with E-state index in [0.717, 1.165) is 13.0 Å². The van der Waals surface area contributed by atoms with Crippen LogP contribution in [0.1, 0.15) is 61.3 Å². The van der Waals surface area contributed by atoms with E-state index in [2.05, 4.69) is 51.2 Å². The molecule has 0 spiro atoms. The van der Waals surface area contributed by atoms with Crippen LogP contribution in [0.25, 0.3) is 0 Å². The average Bonchev–Trinajstić information content (AvgIpc) is 2.44. The lowest BCUT2D eigenvalue weighted by atomic mass is 9.89. The quantitative estimate of drug-likeness (QED) is 0.723. The highest BCUT2D eigenvalue weighted by atomic mass is 14.9. The van der Waals surface area contributed by atoms with Crippen molar-refractivity contribution in [2.24, 2.45) is 0 Å². The third-order valence-electron chi connectivity index (χ3n) is 4.68. The highest BCUT2D eigenvalue weighted by molar-refractivity contribution is 5.38. The molecule has 1 aromatic rings. The van der Waals surface area contributed by atoms with Gasteiger partial charge in [0.1, 0.15) is 0 Å². The molecule has 0 saturated carbocycles. The SMILES string of the molecule is CCNC(CC1=CCCCC1)Cc1c(C)cc(C)cc1C. The molecule has 116 valence electrons. The van der Waals surface area contributed by atoms with Crippen LogP contribution in [-0.2, 0) is 6.42 Å². The number of likely N-dealkylation sites (N-methyl/N-ethyl adjacent to an activating group) is 1. The number of hydrogen-bond donors (Lipinski definition) is 1. The van der Waals surface area contributed by atoms with Crippen molar-refractivity contribution in [2.45, 2.75) is 72.3 Å². The van der Waals surface area contributed by atoms with Gasteiger partial charge in [0.05, 0.1) is 0 Å². The van der Waals surface area contributed by atoms with Gasteiger partial charge in [-0.3, -0.25) is 0 Å². The monoisotopic (exact) mass is 285 g/mol. The molecule has 1 aromatic carbocycles. The van der Waals surface area contributed by atoms with Gasteiger partial charge in [-0.05, 0) is 82.5 Å². The fraction of sp³-hybridized carbons (Fsp3) is 0.600. The Balaban J connectivity index is 2.10. The van der Waals surface area contributed by atoms with Crippen molar-refractivity contribution < 1.29 is 0 Å². The Labute approximate surface area is 130 Å². The number of allylic oxidation sites excluding steroid dienone is 1. The van der Waals surface area contributed by atoms with Crippen molar-refractivity contribution in [2.75, 3.05) is 6.54 Å². The van der Waals surface area contributed by atoms with Crippen LogP contribution in [0.5, 0.6) is 0 Å². The molecular weight excluding hydrogens is 254 g/mol. The van der Waals surface area contributed by atoms with Gasteiger partial charge in [0.25, 0.3) is 0 Å². The van der Waals surface area contributed by atoms with Crippen LogP contribution in [0, 0.1) is 20.8 Å². The van der Waals surface area contributed by atoms with Crippen molar-refractivity contribution in [3.63, 3.8) is 0 Å². The van der Waals surface area contributed by atoms with E-state index in [1.54, 1.807) is 11.1 Å². The lowest BCUT2D eigenvalue weighted by molar-refractivity contribution is 0.502. The first-order valence-corrected chi connectivity index (χ1v) is 8.58. The van der Waals surface area contributed by atoms with E-state index in [4.69, 9.17) is 0 Å². The van der Waals surface area contributed by atoms with Crippen molar-refractivity contribution >= 4 is 0 Å². The minimum absolute atomic E-state index is 0.583. The Hall–Kier alpha value is -1.08. The van der Waals surface area contributed by atoms with E-state index in [1.165, 1.54) is 48.8 Å². The van der Waals surface area contributed by atoms with E-state index in [0.29, 0.717) is 6.04 Å². The van der Waals surface area contributed by atoms with E-state index in [-0.39, 0.29) is 0 Å². The van der Waals surface area contributed by atoms with Crippen LogP contribution in [0.2, 0.25) is 0 Å². The molecule has 0 fully saturated rings. The van der Waals surface area contributed by atoms with Gasteiger partial charge in [0.15, 0.2) is 0 Å². The lowest BCUT2D eigenvalue weighted by Gasteiger charge is -2.23. The van der Waals surface area contributed by atoms with E-state index in [9.17, 15) is 0 Å². The summed E-state index contributed by atoms with van der Waals surface area (Å²) < 4.78 is 0.